The lowest BCUT2D eigenvalue weighted by Crippen LogP contribution is -3.00. The topological polar surface area (TPSA) is 164 Å². The summed E-state index contributed by atoms with van der Waals surface area (Å²) in [7, 11) is 0. The van der Waals surface area contributed by atoms with E-state index in [1.54, 1.807) is 0 Å². The van der Waals surface area contributed by atoms with Crippen LogP contribution >= 0.6 is 0 Å². The van der Waals surface area contributed by atoms with Gasteiger partial charge in [-0.1, -0.05) is 17.1 Å². The number of hydrogen-bond acceptors (Lipinski definition) is 3. The molecule has 9 nitrogen and oxygen atoms in total. The number of nitrogens with one attached hydrogen (secondary N) is 3. The number of hydrogen-bond donors (Lipinski definition) is 3. The van der Waals surface area contributed by atoms with Crippen molar-refractivity contribution in [2.24, 2.45) is 0 Å². The summed E-state index contributed by atoms with van der Waals surface area (Å²) in [6.45, 7) is 0.637. The Balaban J connectivity index is 0.000000980. The first-order chi connectivity index (χ1) is 11.8. The standard InChI is InChI=1S/C17H13N7.2ClH.2H2O/c18-16-15-17(21-8-20-16)24(9-22-15)7-13-14-11(5-6-19-14)10-3-1-2-4-12(10)23-13;;;;/h1-6,8-9H,7H2,(H3,18,19,20,21,23);2*1H;2*1H2. The van der Waals surface area contributed by atoms with E-state index in [0.29, 0.717) is 12.4 Å². The zero-order valence-corrected chi connectivity index (χ0v) is 16.0. The van der Waals surface area contributed by atoms with Crippen molar-refractivity contribution in [2.75, 3.05) is 5.73 Å². The van der Waals surface area contributed by atoms with E-state index in [0.717, 1.165) is 27.9 Å². The van der Waals surface area contributed by atoms with Crippen LogP contribution in [0, 0.1) is 0 Å². The van der Waals surface area contributed by atoms with Crippen LogP contribution in [0.25, 0.3) is 33.0 Å². The third-order valence-electron chi connectivity index (χ3n) is 4.37. The van der Waals surface area contributed by atoms with Crippen molar-refractivity contribution in [3.05, 3.63) is 54.9 Å². The molecule has 0 aliphatic rings. The molecule has 5 rings (SSSR count). The molecular formula is C17H19Cl2N7O2. The molecule has 0 atom stereocenters. The number of pyridine rings is 1. The molecule has 0 amide bonds. The maximum atomic E-state index is 5.90. The van der Waals surface area contributed by atoms with Crippen LogP contribution in [0.1, 0.15) is 5.69 Å². The number of anilines is 1. The van der Waals surface area contributed by atoms with Gasteiger partial charge in [0.05, 0.1) is 5.39 Å². The molecule has 0 unspecified atom stereocenters. The summed E-state index contributed by atoms with van der Waals surface area (Å²) in [6.07, 6.45) is 5.32. The number of nitrogens with two attached hydrogens (primary N) is 1. The van der Waals surface area contributed by atoms with E-state index in [2.05, 4.69) is 49.2 Å². The van der Waals surface area contributed by atoms with Crippen LogP contribution in [-0.4, -0.2) is 30.9 Å². The van der Waals surface area contributed by atoms with Crippen molar-refractivity contribution < 1.29 is 45.3 Å². The van der Waals surface area contributed by atoms with Gasteiger partial charge in [-0.25, -0.2) is 9.55 Å². The molecule has 0 aliphatic carbocycles. The Bertz CT molecular complexity index is 1220. The molecule has 4 aromatic heterocycles. The van der Waals surface area contributed by atoms with Gasteiger partial charge in [0.2, 0.25) is 16.7 Å². The van der Waals surface area contributed by atoms with Gasteiger partial charge < -0.3 is 46.5 Å². The van der Waals surface area contributed by atoms with E-state index in [4.69, 9.17) is 5.73 Å². The van der Waals surface area contributed by atoms with Crippen molar-refractivity contribution in [1.82, 2.24) is 19.9 Å². The minimum absolute atomic E-state index is 0. The molecular weight excluding hydrogens is 405 g/mol. The van der Waals surface area contributed by atoms with Crippen molar-refractivity contribution in [3.8, 4) is 0 Å². The molecule has 0 radical (unpaired) electrons. The van der Waals surface area contributed by atoms with Crippen LogP contribution < -0.4 is 40.1 Å². The smallest absolute Gasteiger partial charge is 0.307 e. The summed E-state index contributed by atoms with van der Waals surface area (Å²) < 4.78 is 2.02. The number of imidazole rings is 1. The number of halogens is 2. The number of para-hydroxylation sites is 1. The van der Waals surface area contributed by atoms with Crippen LogP contribution in [0.15, 0.2) is 49.2 Å². The van der Waals surface area contributed by atoms with Crippen molar-refractivity contribution in [1.29, 1.82) is 0 Å². The molecule has 0 saturated heterocycles. The highest BCUT2D eigenvalue weighted by molar-refractivity contribution is 6.03. The highest BCUT2D eigenvalue weighted by Gasteiger charge is 2.20. The van der Waals surface area contributed by atoms with E-state index in [-0.39, 0.29) is 35.8 Å². The first-order valence-electron chi connectivity index (χ1n) is 7.68. The minimum atomic E-state index is 0. The number of aromatic nitrogens is 6. The molecule has 5 aromatic rings. The molecule has 4 heterocycles. The second kappa shape index (κ2) is 8.81. The average molecular weight is 424 g/mol. The van der Waals surface area contributed by atoms with Gasteiger partial charge >= 0.3 is 5.65 Å². The Morgan fingerprint density at radius 3 is 2.57 bits per heavy atom. The maximum Gasteiger partial charge on any atom is 0.307 e. The lowest BCUT2D eigenvalue weighted by atomic mass is 10.1. The number of nitrogen functional groups attached to an aromatic ring is 1. The molecule has 9 N–H and O–H groups in total. The second-order valence-electron chi connectivity index (χ2n) is 5.77. The Hall–Kier alpha value is -2.98. The summed E-state index contributed by atoms with van der Waals surface area (Å²) in [5.74, 6) is 0.450. The quantitative estimate of drug-likeness (QED) is 0.241. The zero-order chi connectivity index (χ0) is 16.1. The Morgan fingerprint density at radius 1 is 0.964 bits per heavy atom. The number of aromatic amines is 3. The summed E-state index contributed by atoms with van der Waals surface area (Å²) in [5.41, 5.74) is 10.7. The van der Waals surface area contributed by atoms with E-state index < -0.39 is 0 Å². The fraction of sp³-hybridized carbons (Fsp3) is 0.0588. The van der Waals surface area contributed by atoms with Gasteiger partial charge in [-0.15, -0.1) is 0 Å². The van der Waals surface area contributed by atoms with Crippen molar-refractivity contribution in [3.63, 3.8) is 0 Å². The Kier molecular flexibility index (Phi) is 7.25. The second-order valence-corrected chi connectivity index (χ2v) is 5.77. The summed E-state index contributed by atoms with van der Waals surface area (Å²) in [5, 5.41) is 2.40. The number of rotatable bonds is 2. The Labute approximate surface area is 171 Å². The Morgan fingerprint density at radius 2 is 1.75 bits per heavy atom. The van der Waals surface area contributed by atoms with Crippen LogP contribution in [0.3, 0.4) is 0 Å². The molecule has 0 spiro atoms. The van der Waals surface area contributed by atoms with Gasteiger partial charge in [-0.3, -0.25) is 4.98 Å². The molecule has 1 aromatic carbocycles. The molecule has 0 bridgehead atoms. The van der Waals surface area contributed by atoms with E-state index in [9.17, 15) is 0 Å². The maximum absolute atomic E-state index is 5.90. The third-order valence-corrected chi connectivity index (χ3v) is 4.37. The lowest BCUT2D eigenvalue weighted by Gasteiger charge is -2.00. The van der Waals surface area contributed by atoms with E-state index >= 15 is 0 Å². The fourth-order valence-corrected chi connectivity index (χ4v) is 3.25. The average Bonchev–Trinajstić information content (AvgIpc) is 3.24. The van der Waals surface area contributed by atoms with Crippen LogP contribution in [0.4, 0.5) is 5.82 Å². The van der Waals surface area contributed by atoms with Gasteiger partial charge in [0.15, 0.2) is 25.0 Å². The predicted molar refractivity (Wildman–Crippen MR) is 97.2 cm³/mol. The van der Waals surface area contributed by atoms with Gasteiger partial charge in [0, 0.05) is 17.6 Å². The van der Waals surface area contributed by atoms with Crippen molar-refractivity contribution >= 4 is 38.8 Å². The van der Waals surface area contributed by atoms with E-state index in [1.165, 1.54) is 17.1 Å². The monoisotopic (exact) mass is 423 g/mol. The van der Waals surface area contributed by atoms with Crippen molar-refractivity contribution in [2.45, 2.75) is 6.54 Å². The van der Waals surface area contributed by atoms with Gasteiger partial charge in [-0.05, 0) is 12.1 Å². The highest BCUT2D eigenvalue weighted by atomic mass is 35.5. The van der Waals surface area contributed by atoms with E-state index in [1.807, 2.05) is 23.2 Å². The predicted octanol–water partition coefficient (Wildman–Crippen LogP) is -6.32. The third kappa shape index (κ3) is 3.43. The SMILES string of the molecule is Nc1ncnc2c1[nH]c[n+]2Cc1[nH+]c2ccccc2c2cc[nH]c12.O.O.[Cl-].[Cl-]. The largest absolute Gasteiger partial charge is 1.00 e. The number of fused-ring (bicyclic) bond motifs is 4. The van der Waals surface area contributed by atoms with Gasteiger partial charge in [0.25, 0.3) is 0 Å². The summed E-state index contributed by atoms with van der Waals surface area (Å²) >= 11 is 0. The van der Waals surface area contributed by atoms with Crippen LogP contribution in [-0.2, 0) is 6.54 Å². The van der Waals surface area contributed by atoms with Gasteiger partial charge in [-0.2, -0.15) is 4.98 Å². The molecule has 28 heavy (non-hydrogen) atoms. The fourth-order valence-electron chi connectivity index (χ4n) is 3.25. The lowest BCUT2D eigenvalue weighted by molar-refractivity contribution is -0.674. The number of benzene rings is 1. The normalized spacial score (nSPS) is 10.0. The molecule has 0 aliphatic heterocycles. The van der Waals surface area contributed by atoms with Crippen LogP contribution in [0.2, 0.25) is 0 Å². The first kappa shape index (κ1) is 23.1. The summed E-state index contributed by atoms with van der Waals surface area (Å²) in [4.78, 5) is 18.4. The molecule has 0 fully saturated rings. The molecule has 148 valence electrons. The highest BCUT2D eigenvalue weighted by Crippen LogP contribution is 2.23. The molecule has 0 saturated carbocycles. The number of H-pyrrole nitrogens is 3. The number of nitrogens with zero attached hydrogens (tertiary/aromatic N) is 3. The molecule has 11 heteroatoms. The summed E-state index contributed by atoms with van der Waals surface area (Å²) in [6, 6.07) is 10.4. The minimum Gasteiger partial charge on any atom is -1.00 e. The van der Waals surface area contributed by atoms with Crippen LogP contribution in [0.5, 0.6) is 0 Å². The zero-order valence-electron chi connectivity index (χ0n) is 14.5. The van der Waals surface area contributed by atoms with Gasteiger partial charge in [0.1, 0.15) is 5.52 Å². The first-order valence-corrected chi connectivity index (χ1v) is 7.68.